The van der Waals surface area contributed by atoms with Crippen LogP contribution in [0.15, 0.2) is 10.9 Å². The first-order valence-electron chi connectivity index (χ1n) is 7.77. The first-order chi connectivity index (χ1) is 11.6. The summed E-state index contributed by atoms with van der Waals surface area (Å²) in [5.74, 6) is 0.380. The van der Waals surface area contributed by atoms with Crippen LogP contribution in [0.4, 0.5) is 0 Å². The third kappa shape index (κ3) is 2.27. The summed E-state index contributed by atoms with van der Waals surface area (Å²) in [6.07, 6.45) is 3.35. The SMILES string of the molecule is CCOC(=O)c1c(-c2c(C)[nH]c3ncnc(Cl)c23)noc1C1CC1. The van der Waals surface area contributed by atoms with Gasteiger partial charge in [0.05, 0.1) is 12.0 Å². The van der Waals surface area contributed by atoms with Crippen LogP contribution in [0.5, 0.6) is 0 Å². The van der Waals surface area contributed by atoms with Crippen molar-refractivity contribution in [3.8, 4) is 11.3 Å². The van der Waals surface area contributed by atoms with Gasteiger partial charge in [-0.25, -0.2) is 14.8 Å². The van der Waals surface area contributed by atoms with Crippen LogP contribution in [0.3, 0.4) is 0 Å². The number of ether oxygens (including phenoxy) is 1. The number of aryl methyl sites for hydroxylation is 1. The molecule has 0 aliphatic heterocycles. The molecule has 0 unspecified atom stereocenters. The van der Waals surface area contributed by atoms with E-state index in [0.29, 0.717) is 38.8 Å². The molecule has 0 spiro atoms. The van der Waals surface area contributed by atoms with Crippen molar-refractivity contribution in [3.63, 3.8) is 0 Å². The molecule has 0 saturated heterocycles. The van der Waals surface area contributed by atoms with Crippen molar-refractivity contribution >= 4 is 28.6 Å². The molecule has 24 heavy (non-hydrogen) atoms. The van der Waals surface area contributed by atoms with Gasteiger partial charge in [-0.3, -0.25) is 0 Å². The molecule has 0 amide bonds. The van der Waals surface area contributed by atoms with Crippen molar-refractivity contribution in [3.05, 3.63) is 28.5 Å². The standard InChI is InChI=1S/C16H15ClN4O3/c1-3-23-16(22)11-12(21-24-13(11)8-4-5-8)9-7(2)20-15-10(9)14(17)18-6-19-15/h6,8H,3-5H2,1-2H3,(H,18,19,20). The topological polar surface area (TPSA) is 93.9 Å². The molecule has 0 aromatic carbocycles. The number of halogens is 1. The van der Waals surface area contributed by atoms with Crippen LogP contribution in [0, 0.1) is 6.92 Å². The zero-order valence-corrected chi connectivity index (χ0v) is 14.0. The lowest BCUT2D eigenvalue weighted by Gasteiger charge is -2.04. The van der Waals surface area contributed by atoms with Crippen LogP contribution < -0.4 is 0 Å². The van der Waals surface area contributed by atoms with Crippen LogP contribution >= 0.6 is 11.6 Å². The van der Waals surface area contributed by atoms with E-state index in [4.69, 9.17) is 20.9 Å². The van der Waals surface area contributed by atoms with Crippen molar-refractivity contribution < 1.29 is 14.1 Å². The summed E-state index contributed by atoms with van der Waals surface area (Å²) in [6.45, 7) is 3.92. The lowest BCUT2D eigenvalue weighted by atomic mass is 10.0. The van der Waals surface area contributed by atoms with E-state index in [1.807, 2.05) is 6.92 Å². The Hall–Kier alpha value is -2.41. The van der Waals surface area contributed by atoms with Crippen LogP contribution in [0.25, 0.3) is 22.3 Å². The molecule has 1 saturated carbocycles. The minimum Gasteiger partial charge on any atom is -0.462 e. The van der Waals surface area contributed by atoms with Gasteiger partial charge in [0, 0.05) is 17.2 Å². The number of carbonyl (C=O) groups is 1. The largest absolute Gasteiger partial charge is 0.462 e. The number of esters is 1. The molecule has 0 radical (unpaired) electrons. The van der Waals surface area contributed by atoms with Gasteiger partial charge in [0.2, 0.25) is 0 Å². The normalized spacial score (nSPS) is 14.3. The molecule has 3 heterocycles. The predicted molar refractivity (Wildman–Crippen MR) is 87.1 cm³/mol. The van der Waals surface area contributed by atoms with Crippen molar-refractivity contribution in [2.75, 3.05) is 6.61 Å². The third-order valence-corrected chi connectivity index (χ3v) is 4.40. The molecule has 1 aliphatic carbocycles. The molecule has 1 N–H and O–H groups in total. The highest BCUT2D eigenvalue weighted by Crippen LogP contribution is 2.45. The smallest absolute Gasteiger partial charge is 0.344 e. The van der Waals surface area contributed by atoms with Gasteiger partial charge < -0.3 is 14.2 Å². The number of nitrogens with one attached hydrogen (secondary N) is 1. The van der Waals surface area contributed by atoms with Crippen LogP contribution in [0.1, 0.15) is 47.5 Å². The molecule has 124 valence electrons. The molecular formula is C16H15ClN4O3. The Morgan fingerprint density at radius 1 is 1.46 bits per heavy atom. The first kappa shape index (κ1) is 15.1. The Morgan fingerprint density at radius 3 is 2.96 bits per heavy atom. The molecule has 3 aromatic rings. The fourth-order valence-corrected chi connectivity index (χ4v) is 3.13. The van der Waals surface area contributed by atoms with Gasteiger partial charge in [-0.2, -0.15) is 0 Å². The summed E-state index contributed by atoms with van der Waals surface area (Å²) in [5.41, 5.74) is 2.86. The Morgan fingerprint density at radius 2 is 2.25 bits per heavy atom. The molecule has 1 fully saturated rings. The lowest BCUT2D eigenvalue weighted by molar-refractivity contribution is 0.0524. The van der Waals surface area contributed by atoms with Crippen molar-refractivity contribution in [1.29, 1.82) is 0 Å². The highest BCUT2D eigenvalue weighted by Gasteiger charge is 2.37. The Kier molecular flexibility index (Phi) is 3.53. The zero-order chi connectivity index (χ0) is 16.8. The third-order valence-electron chi connectivity index (χ3n) is 4.11. The summed E-state index contributed by atoms with van der Waals surface area (Å²) in [6, 6.07) is 0. The molecule has 3 aromatic heterocycles. The van der Waals surface area contributed by atoms with E-state index in [1.165, 1.54) is 6.33 Å². The van der Waals surface area contributed by atoms with Crippen molar-refractivity contribution in [1.82, 2.24) is 20.1 Å². The molecule has 0 atom stereocenters. The van der Waals surface area contributed by atoms with E-state index in [0.717, 1.165) is 18.5 Å². The second-order valence-corrected chi connectivity index (χ2v) is 6.14. The number of hydrogen-bond acceptors (Lipinski definition) is 6. The van der Waals surface area contributed by atoms with Gasteiger partial charge in [0.25, 0.3) is 0 Å². The van der Waals surface area contributed by atoms with Gasteiger partial charge in [-0.05, 0) is 26.7 Å². The molecule has 1 aliphatic rings. The van der Waals surface area contributed by atoms with Crippen LogP contribution in [-0.2, 0) is 4.74 Å². The van der Waals surface area contributed by atoms with E-state index in [-0.39, 0.29) is 12.5 Å². The maximum Gasteiger partial charge on any atom is 0.344 e. The Labute approximate surface area is 142 Å². The number of rotatable bonds is 4. The minimum absolute atomic E-state index is 0.225. The van der Waals surface area contributed by atoms with E-state index < -0.39 is 5.97 Å². The van der Waals surface area contributed by atoms with Gasteiger partial charge in [0.15, 0.2) is 5.76 Å². The lowest BCUT2D eigenvalue weighted by Crippen LogP contribution is -2.07. The van der Waals surface area contributed by atoms with Crippen LogP contribution in [0.2, 0.25) is 5.15 Å². The maximum atomic E-state index is 12.5. The summed E-state index contributed by atoms with van der Waals surface area (Å²) in [7, 11) is 0. The number of aromatic amines is 1. The quantitative estimate of drug-likeness (QED) is 0.572. The minimum atomic E-state index is -0.433. The van der Waals surface area contributed by atoms with Gasteiger partial charge in [-0.15, -0.1) is 0 Å². The summed E-state index contributed by atoms with van der Waals surface area (Å²) < 4.78 is 10.7. The first-order valence-corrected chi connectivity index (χ1v) is 8.15. The monoisotopic (exact) mass is 346 g/mol. The Bertz CT molecular complexity index is 942. The zero-order valence-electron chi connectivity index (χ0n) is 13.2. The second-order valence-electron chi connectivity index (χ2n) is 5.78. The average Bonchev–Trinajstić information content (AvgIpc) is 3.20. The average molecular weight is 347 g/mol. The van der Waals surface area contributed by atoms with E-state index in [1.54, 1.807) is 6.92 Å². The van der Waals surface area contributed by atoms with Crippen molar-refractivity contribution in [2.24, 2.45) is 0 Å². The fourth-order valence-electron chi connectivity index (χ4n) is 2.90. The van der Waals surface area contributed by atoms with Crippen molar-refractivity contribution in [2.45, 2.75) is 32.6 Å². The summed E-state index contributed by atoms with van der Waals surface area (Å²) in [4.78, 5) is 23.9. The van der Waals surface area contributed by atoms with E-state index in [2.05, 4.69) is 20.1 Å². The Balaban J connectivity index is 1.98. The molecule has 0 bridgehead atoms. The van der Waals surface area contributed by atoms with E-state index in [9.17, 15) is 4.79 Å². The number of aromatic nitrogens is 4. The second kappa shape index (κ2) is 5.59. The van der Waals surface area contributed by atoms with E-state index >= 15 is 0 Å². The summed E-state index contributed by atoms with van der Waals surface area (Å²) in [5, 5.41) is 5.08. The molecule has 7 nitrogen and oxygen atoms in total. The number of nitrogens with zero attached hydrogens (tertiary/aromatic N) is 3. The number of fused-ring (bicyclic) bond motifs is 1. The highest BCUT2D eigenvalue weighted by atomic mass is 35.5. The maximum absolute atomic E-state index is 12.5. The molecular weight excluding hydrogens is 332 g/mol. The van der Waals surface area contributed by atoms with Crippen LogP contribution in [-0.4, -0.2) is 32.7 Å². The van der Waals surface area contributed by atoms with Gasteiger partial charge >= 0.3 is 5.97 Å². The number of carbonyl (C=O) groups excluding carboxylic acids is 1. The summed E-state index contributed by atoms with van der Waals surface area (Å²) >= 11 is 6.25. The number of hydrogen-bond donors (Lipinski definition) is 1. The fraction of sp³-hybridized carbons (Fsp3) is 0.375. The highest BCUT2D eigenvalue weighted by molar-refractivity contribution is 6.35. The van der Waals surface area contributed by atoms with Gasteiger partial charge in [0.1, 0.15) is 28.4 Å². The van der Waals surface area contributed by atoms with Gasteiger partial charge in [-0.1, -0.05) is 16.8 Å². The molecule has 8 heteroatoms. The number of H-pyrrole nitrogens is 1. The predicted octanol–water partition coefficient (Wildman–Crippen LogP) is 3.63. The molecule has 4 rings (SSSR count).